The number of para-hydroxylation sites is 1. The summed E-state index contributed by atoms with van der Waals surface area (Å²) in [5, 5.41) is 6.48. The van der Waals surface area contributed by atoms with Gasteiger partial charge in [-0.1, -0.05) is 25.1 Å². The van der Waals surface area contributed by atoms with Gasteiger partial charge in [0.05, 0.1) is 22.4 Å². The maximum absolute atomic E-state index is 15.5. The minimum absolute atomic E-state index is 0.0480. The molecular formula is C30H28FN5O4S. The summed E-state index contributed by atoms with van der Waals surface area (Å²) in [7, 11) is 0. The van der Waals surface area contributed by atoms with Crippen LogP contribution in [-0.4, -0.2) is 46.9 Å². The summed E-state index contributed by atoms with van der Waals surface area (Å²) in [6.07, 6.45) is 3.50. The molecule has 210 valence electrons. The number of nitrogens with one attached hydrogen (secondary N) is 2. The van der Waals surface area contributed by atoms with Gasteiger partial charge < -0.3 is 20.3 Å². The highest BCUT2D eigenvalue weighted by molar-refractivity contribution is 7.21. The summed E-state index contributed by atoms with van der Waals surface area (Å²) in [5.41, 5.74) is 1.46. The first-order valence-electron chi connectivity index (χ1n) is 13.5. The second-order valence-electron chi connectivity index (χ2n) is 10.1. The number of amides is 4. The van der Waals surface area contributed by atoms with Gasteiger partial charge in [-0.2, -0.15) is 0 Å². The molecule has 2 aliphatic rings. The van der Waals surface area contributed by atoms with E-state index in [0.717, 1.165) is 6.42 Å². The first kappa shape index (κ1) is 26.7. The molecule has 1 fully saturated rings. The number of likely N-dealkylation sites (tertiary alicyclic amines) is 1. The number of rotatable bonds is 7. The Labute approximate surface area is 239 Å². The van der Waals surface area contributed by atoms with Gasteiger partial charge in [0, 0.05) is 37.3 Å². The SMILES string of the molecule is CCCC(=O)N1CCC(NC(=O)c2sc3nccc4c3c2NC(=O)N4c2ccc(Oc3ccccc3)c(F)c2C)C1. The van der Waals surface area contributed by atoms with Gasteiger partial charge in [0.25, 0.3) is 5.91 Å². The van der Waals surface area contributed by atoms with Crippen LogP contribution in [0.25, 0.3) is 10.2 Å². The third-order valence-electron chi connectivity index (χ3n) is 7.33. The molecule has 41 heavy (non-hydrogen) atoms. The normalized spacial score (nSPS) is 16.2. The molecule has 2 aromatic heterocycles. The molecule has 1 unspecified atom stereocenters. The molecule has 0 saturated carbocycles. The zero-order valence-electron chi connectivity index (χ0n) is 22.6. The summed E-state index contributed by atoms with van der Waals surface area (Å²) < 4.78 is 21.2. The molecule has 0 spiro atoms. The molecule has 0 aliphatic carbocycles. The van der Waals surface area contributed by atoms with Crippen molar-refractivity contribution in [3.05, 3.63) is 71.0 Å². The fourth-order valence-electron chi connectivity index (χ4n) is 5.30. The van der Waals surface area contributed by atoms with Crippen molar-refractivity contribution < 1.29 is 23.5 Å². The van der Waals surface area contributed by atoms with Crippen molar-refractivity contribution in [3.8, 4) is 11.5 Å². The number of benzene rings is 2. The molecule has 4 amide bonds. The van der Waals surface area contributed by atoms with Crippen LogP contribution in [0.3, 0.4) is 0 Å². The minimum Gasteiger partial charge on any atom is -0.454 e. The number of carbonyl (C=O) groups excluding carboxylic acids is 3. The highest BCUT2D eigenvalue weighted by atomic mass is 32.1. The van der Waals surface area contributed by atoms with Crippen molar-refractivity contribution in [3.63, 3.8) is 0 Å². The van der Waals surface area contributed by atoms with Gasteiger partial charge >= 0.3 is 6.03 Å². The summed E-state index contributed by atoms with van der Waals surface area (Å²) in [5.74, 6) is -0.275. The second kappa shape index (κ2) is 10.8. The highest BCUT2D eigenvalue weighted by Crippen LogP contribution is 2.47. The largest absolute Gasteiger partial charge is 0.454 e. The summed E-state index contributed by atoms with van der Waals surface area (Å²) in [4.78, 5) is 47.7. The highest BCUT2D eigenvalue weighted by Gasteiger charge is 2.35. The van der Waals surface area contributed by atoms with Crippen LogP contribution in [0.2, 0.25) is 0 Å². The van der Waals surface area contributed by atoms with Crippen LogP contribution in [0.4, 0.5) is 26.2 Å². The number of hydrogen-bond acceptors (Lipinski definition) is 6. The number of ether oxygens (including phenoxy) is 1. The monoisotopic (exact) mass is 573 g/mol. The molecule has 1 saturated heterocycles. The predicted octanol–water partition coefficient (Wildman–Crippen LogP) is 6.35. The lowest BCUT2D eigenvalue weighted by atomic mass is 10.1. The van der Waals surface area contributed by atoms with E-state index in [1.165, 1.54) is 22.3 Å². The van der Waals surface area contributed by atoms with Crippen LogP contribution in [0.15, 0.2) is 54.7 Å². The number of nitrogens with zero attached hydrogens (tertiary/aromatic N) is 3. The Kier molecular flexibility index (Phi) is 7.04. The number of halogens is 1. The van der Waals surface area contributed by atoms with Crippen molar-refractivity contribution in [1.82, 2.24) is 15.2 Å². The first-order valence-corrected chi connectivity index (χ1v) is 14.3. The lowest BCUT2D eigenvalue weighted by molar-refractivity contribution is -0.130. The molecule has 4 heterocycles. The van der Waals surface area contributed by atoms with E-state index in [-0.39, 0.29) is 29.2 Å². The number of anilines is 3. The van der Waals surface area contributed by atoms with Gasteiger partial charge in [-0.15, -0.1) is 11.3 Å². The van der Waals surface area contributed by atoms with E-state index in [4.69, 9.17) is 4.74 Å². The molecule has 2 aliphatic heterocycles. The Hall–Kier alpha value is -4.51. The molecule has 4 aromatic rings. The third-order valence-corrected chi connectivity index (χ3v) is 8.42. The van der Waals surface area contributed by atoms with E-state index in [9.17, 15) is 14.4 Å². The van der Waals surface area contributed by atoms with Crippen molar-refractivity contribution in [2.24, 2.45) is 0 Å². The van der Waals surface area contributed by atoms with E-state index in [2.05, 4.69) is 15.6 Å². The number of hydrogen-bond donors (Lipinski definition) is 2. The lowest BCUT2D eigenvalue weighted by Gasteiger charge is -2.30. The first-order chi connectivity index (χ1) is 19.9. The standard InChI is InChI=1S/C30H28FN5O4S/c1-3-7-23(37)35-15-13-18(16-35)33-28(38)27-26-24-21(12-14-32-29(24)41-27)36(30(39)34-26)20-10-11-22(25(31)17(20)2)40-19-8-5-4-6-9-19/h4-6,8-12,14,18H,3,7,13,15-16H2,1-2H3,(H,33,38)(H,34,39). The average molecular weight is 574 g/mol. The molecule has 0 bridgehead atoms. The van der Waals surface area contributed by atoms with Gasteiger partial charge in [0.15, 0.2) is 11.6 Å². The number of urea groups is 1. The summed E-state index contributed by atoms with van der Waals surface area (Å²) >= 11 is 1.18. The number of thiophene rings is 1. The zero-order chi connectivity index (χ0) is 28.7. The van der Waals surface area contributed by atoms with Gasteiger partial charge in [0.2, 0.25) is 5.91 Å². The molecule has 9 nitrogen and oxygen atoms in total. The smallest absolute Gasteiger partial charge is 0.331 e. The summed E-state index contributed by atoms with van der Waals surface area (Å²) in [6.45, 7) is 4.62. The van der Waals surface area contributed by atoms with Gasteiger partial charge in [0.1, 0.15) is 15.5 Å². The maximum Gasteiger partial charge on any atom is 0.331 e. The van der Waals surface area contributed by atoms with Crippen LogP contribution >= 0.6 is 11.3 Å². The Balaban J connectivity index is 1.29. The summed E-state index contributed by atoms with van der Waals surface area (Å²) in [6, 6.07) is 13.0. The second-order valence-corrected chi connectivity index (χ2v) is 11.1. The molecular weight excluding hydrogens is 545 g/mol. The zero-order valence-corrected chi connectivity index (χ0v) is 23.4. The molecule has 6 rings (SSSR count). The molecule has 2 N–H and O–H groups in total. The van der Waals surface area contributed by atoms with Crippen LogP contribution in [0, 0.1) is 12.7 Å². The van der Waals surface area contributed by atoms with Gasteiger partial charge in [-0.25, -0.2) is 14.2 Å². The van der Waals surface area contributed by atoms with E-state index in [1.807, 2.05) is 13.0 Å². The quantitative estimate of drug-likeness (QED) is 0.268. The van der Waals surface area contributed by atoms with Crippen molar-refractivity contribution in [1.29, 1.82) is 0 Å². The minimum atomic E-state index is -0.580. The van der Waals surface area contributed by atoms with Crippen LogP contribution < -0.4 is 20.3 Å². The number of pyridine rings is 1. The van der Waals surface area contributed by atoms with Gasteiger partial charge in [-0.05, 0) is 50.1 Å². The van der Waals surface area contributed by atoms with Crippen molar-refractivity contribution in [2.45, 2.75) is 39.2 Å². The van der Waals surface area contributed by atoms with E-state index >= 15 is 4.39 Å². The average Bonchev–Trinajstić information content (AvgIpc) is 3.59. The lowest BCUT2D eigenvalue weighted by Crippen LogP contribution is -2.39. The molecule has 11 heteroatoms. The van der Waals surface area contributed by atoms with Crippen molar-refractivity contribution >= 4 is 56.5 Å². The van der Waals surface area contributed by atoms with E-state index < -0.39 is 11.8 Å². The molecule has 0 radical (unpaired) electrons. The maximum atomic E-state index is 15.5. The van der Waals surface area contributed by atoms with E-state index in [1.54, 1.807) is 54.4 Å². The third kappa shape index (κ3) is 4.86. The van der Waals surface area contributed by atoms with Crippen LogP contribution in [-0.2, 0) is 4.79 Å². The predicted molar refractivity (Wildman–Crippen MR) is 156 cm³/mol. The topological polar surface area (TPSA) is 104 Å². The number of aromatic nitrogens is 1. The molecule has 1 atom stereocenters. The van der Waals surface area contributed by atoms with Crippen LogP contribution in [0.5, 0.6) is 11.5 Å². The Bertz CT molecular complexity index is 1670. The Morgan fingerprint density at radius 2 is 1.98 bits per heavy atom. The molecule has 2 aromatic carbocycles. The van der Waals surface area contributed by atoms with E-state index in [0.29, 0.717) is 63.8 Å². The Morgan fingerprint density at radius 1 is 1.17 bits per heavy atom. The number of carbonyl (C=O) groups is 3. The fraction of sp³-hybridized carbons (Fsp3) is 0.267. The van der Waals surface area contributed by atoms with Crippen LogP contribution in [0.1, 0.15) is 41.4 Å². The van der Waals surface area contributed by atoms with Crippen molar-refractivity contribution in [2.75, 3.05) is 23.3 Å². The van der Waals surface area contributed by atoms with Gasteiger partial charge in [-0.3, -0.25) is 14.5 Å². The Morgan fingerprint density at radius 3 is 2.76 bits per heavy atom. The fourth-order valence-corrected chi connectivity index (χ4v) is 6.32.